The van der Waals surface area contributed by atoms with Crippen molar-refractivity contribution in [2.24, 2.45) is 5.73 Å². The van der Waals surface area contributed by atoms with Crippen molar-refractivity contribution in [3.8, 4) is 0 Å². The number of nitrogens with two attached hydrogens (primary N) is 1. The van der Waals surface area contributed by atoms with Crippen LogP contribution in [-0.2, 0) is 16.0 Å². The minimum atomic E-state index is -0.700. The minimum absolute atomic E-state index is 0. The Kier molecular flexibility index (Phi) is 7.82. The summed E-state index contributed by atoms with van der Waals surface area (Å²) in [5, 5.41) is 2.84. The second-order valence-electron chi connectivity index (χ2n) is 6.66. The van der Waals surface area contributed by atoms with Crippen LogP contribution in [-0.4, -0.2) is 29.8 Å². The molecule has 2 aromatic rings. The largest absolute Gasteiger partial charge is 0.343 e. The van der Waals surface area contributed by atoms with Crippen LogP contribution >= 0.6 is 12.4 Å². The number of nitrogens with one attached hydrogen (secondary N) is 1. The molecule has 1 fully saturated rings. The topological polar surface area (TPSA) is 75.4 Å². The van der Waals surface area contributed by atoms with E-state index in [1.807, 2.05) is 59.5 Å². The summed E-state index contributed by atoms with van der Waals surface area (Å²) in [5.74, 6) is -0.0122. The van der Waals surface area contributed by atoms with Gasteiger partial charge in [-0.2, -0.15) is 0 Å². The third-order valence-corrected chi connectivity index (χ3v) is 4.75. The number of aryl methyl sites for hydroxylation is 1. The smallest absolute Gasteiger partial charge is 0.245 e. The third kappa shape index (κ3) is 5.81. The average molecular weight is 388 g/mol. The second kappa shape index (κ2) is 10.1. The van der Waals surface area contributed by atoms with Gasteiger partial charge in [0.15, 0.2) is 0 Å². The van der Waals surface area contributed by atoms with E-state index in [0.29, 0.717) is 18.5 Å². The van der Waals surface area contributed by atoms with E-state index >= 15 is 0 Å². The van der Waals surface area contributed by atoms with Crippen molar-refractivity contribution in [1.82, 2.24) is 4.90 Å². The Balaban J connectivity index is 0.00000261. The van der Waals surface area contributed by atoms with Gasteiger partial charge in [-0.25, -0.2) is 0 Å². The van der Waals surface area contributed by atoms with Crippen molar-refractivity contribution in [2.75, 3.05) is 18.4 Å². The lowest BCUT2D eigenvalue weighted by atomic mass is 10.1. The van der Waals surface area contributed by atoms with Crippen molar-refractivity contribution >= 4 is 29.9 Å². The number of hydrogen-bond acceptors (Lipinski definition) is 3. The third-order valence-electron chi connectivity index (χ3n) is 4.75. The molecule has 3 rings (SSSR count). The summed E-state index contributed by atoms with van der Waals surface area (Å²) in [6, 6.07) is 16.2. The first-order valence-electron chi connectivity index (χ1n) is 9.11. The number of anilines is 1. The van der Waals surface area contributed by atoms with Crippen molar-refractivity contribution in [3.63, 3.8) is 0 Å². The zero-order valence-electron chi connectivity index (χ0n) is 15.3. The minimum Gasteiger partial charge on any atom is -0.343 e. The fraction of sp³-hybridized carbons (Fsp3) is 0.333. The predicted molar refractivity (Wildman–Crippen MR) is 110 cm³/mol. The molecule has 5 nitrogen and oxygen atoms in total. The molecule has 1 unspecified atom stereocenters. The van der Waals surface area contributed by atoms with Crippen molar-refractivity contribution in [3.05, 3.63) is 65.7 Å². The fourth-order valence-corrected chi connectivity index (χ4v) is 3.16. The average Bonchev–Trinajstić information content (AvgIpc) is 3.22. The molecule has 0 radical (unpaired) electrons. The number of halogens is 1. The van der Waals surface area contributed by atoms with Crippen LogP contribution in [0.4, 0.5) is 5.69 Å². The predicted octanol–water partition coefficient (Wildman–Crippen LogP) is 3.30. The first kappa shape index (κ1) is 20.9. The molecule has 0 bridgehead atoms. The molecule has 1 aliphatic rings. The first-order valence-corrected chi connectivity index (χ1v) is 9.11. The second-order valence-corrected chi connectivity index (χ2v) is 6.66. The van der Waals surface area contributed by atoms with E-state index in [9.17, 15) is 9.59 Å². The van der Waals surface area contributed by atoms with Crippen LogP contribution in [0.3, 0.4) is 0 Å². The van der Waals surface area contributed by atoms with Gasteiger partial charge in [0.2, 0.25) is 11.8 Å². The van der Waals surface area contributed by atoms with E-state index in [2.05, 4.69) is 5.32 Å². The first-order chi connectivity index (χ1) is 12.6. The Hall–Kier alpha value is -2.37. The van der Waals surface area contributed by atoms with Crippen molar-refractivity contribution in [2.45, 2.75) is 31.7 Å². The Labute approximate surface area is 166 Å². The maximum Gasteiger partial charge on any atom is 0.245 e. The van der Waals surface area contributed by atoms with E-state index in [0.717, 1.165) is 37.1 Å². The van der Waals surface area contributed by atoms with Gasteiger partial charge in [0.05, 0.1) is 0 Å². The van der Waals surface area contributed by atoms with Gasteiger partial charge in [0.25, 0.3) is 0 Å². The molecule has 1 heterocycles. The number of hydrogen-bond donors (Lipinski definition) is 2. The lowest BCUT2D eigenvalue weighted by Crippen LogP contribution is -2.28. The van der Waals surface area contributed by atoms with Gasteiger partial charge in [-0.3, -0.25) is 9.59 Å². The quantitative estimate of drug-likeness (QED) is 0.798. The molecule has 1 atom stereocenters. The molecule has 0 saturated carbocycles. The zero-order valence-corrected chi connectivity index (χ0v) is 16.1. The molecule has 2 aromatic carbocycles. The van der Waals surface area contributed by atoms with E-state index in [1.165, 1.54) is 0 Å². The van der Waals surface area contributed by atoms with Gasteiger partial charge < -0.3 is 16.0 Å². The highest BCUT2D eigenvalue weighted by atomic mass is 35.5. The van der Waals surface area contributed by atoms with E-state index in [-0.39, 0.29) is 24.2 Å². The van der Waals surface area contributed by atoms with Crippen LogP contribution in [0.5, 0.6) is 0 Å². The van der Waals surface area contributed by atoms with Crippen LogP contribution in [0, 0.1) is 0 Å². The molecular weight excluding hydrogens is 362 g/mol. The Morgan fingerprint density at radius 3 is 2.26 bits per heavy atom. The highest BCUT2D eigenvalue weighted by molar-refractivity contribution is 5.95. The number of carbonyl (C=O) groups excluding carboxylic acids is 2. The maximum atomic E-state index is 12.3. The summed E-state index contributed by atoms with van der Waals surface area (Å²) in [6.07, 6.45) is 3.48. The van der Waals surface area contributed by atoms with Crippen LogP contribution in [0.25, 0.3) is 0 Å². The number of carbonyl (C=O) groups is 2. The molecular formula is C21H26ClN3O2. The summed E-state index contributed by atoms with van der Waals surface area (Å²) in [5.41, 5.74) is 8.57. The lowest BCUT2D eigenvalue weighted by Gasteiger charge is -2.15. The molecule has 0 spiro atoms. The summed E-state index contributed by atoms with van der Waals surface area (Å²) in [4.78, 5) is 26.3. The molecule has 1 saturated heterocycles. The molecule has 144 valence electrons. The highest BCUT2D eigenvalue weighted by Crippen LogP contribution is 2.16. The number of amides is 2. The standard InChI is InChI=1S/C21H25N3O2.ClH/c22-20(17-6-2-1-3-7-17)21(26)23-18-11-8-16(9-12-18)10-13-19(25)24-14-4-5-15-24;/h1-3,6-9,11-12,20H,4-5,10,13-15,22H2,(H,23,26);1H. The molecule has 0 aliphatic carbocycles. The fourth-order valence-electron chi connectivity index (χ4n) is 3.16. The van der Waals surface area contributed by atoms with E-state index in [4.69, 9.17) is 5.73 Å². The summed E-state index contributed by atoms with van der Waals surface area (Å²) < 4.78 is 0. The van der Waals surface area contributed by atoms with Gasteiger partial charge in [0, 0.05) is 25.2 Å². The Morgan fingerprint density at radius 1 is 1.00 bits per heavy atom. The van der Waals surface area contributed by atoms with Crippen molar-refractivity contribution in [1.29, 1.82) is 0 Å². The Bertz CT molecular complexity index is 744. The lowest BCUT2D eigenvalue weighted by molar-refractivity contribution is -0.130. The van der Waals surface area contributed by atoms with E-state index in [1.54, 1.807) is 0 Å². The maximum absolute atomic E-state index is 12.3. The molecule has 27 heavy (non-hydrogen) atoms. The van der Waals surface area contributed by atoms with Gasteiger partial charge >= 0.3 is 0 Å². The number of rotatable bonds is 6. The van der Waals surface area contributed by atoms with Crippen LogP contribution in [0.15, 0.2) is 54.6 Å². The SMILES string of the molecule is Cl.NC(C(=O)Nc1ccc(CCC(=O)N2CCCC2)cc1)c1ccccc1. The summed E-state index contributed by atoms with van der Waals surface area (Å²) in [7, 11) is 0. The number of benzene rings is 2. The monoisotopic (exact) mass is 387 g/mol. The van der Waals surface area contributed by atoms with Crippen LogP contribution < -0.4 is 11.1 Å². The summed E-state index contributed by atoms with van der Waals surface area (Å²) in [6.45, 7) is 1.79. The molecule has 0 aromatic heterocycles. The number of nitrogens with zero attached hydrogens (tertiary/aromatic N) is 1. The van der Waals surface area contributed by atoms with Crippen LogP contribution in [0.1, 0.15) is 36.4 Å². The molecule has 3 N–H and O–H groups in total. The van der Waals surface area contributed by atoms with Gasteiger partial charge in [0.1, 0.15) is 6.04 Å². The highest BCUT2D eigenvalue weighted by Gasteiger charge is 2.18. The van der Waals surface area contributed by atoms with Gasteiger partial charge in [-0.05, 0) is 42.5 Å². The zero-order chi connectivity index (χ0) is 18.4. The van der Waals surface area contributed by atoms with Crippen LogP contribution in [0.2, 0.25) is 0 Å². The molecule has 6 heteroatoms. The normalized spacial score (nSPS) is 14.3. The Morgan fingerprint density at radius 2 is 1.63 bits per heavy atom. The number of likely N-dealkylation sites (tertiary alicyclic amines) is 1. The van der Waals surface area contributed by atoms with Gasteiger partial charge in [-0.15, -0.1) is 12.4 Å². The van der Waals surface area contributed by atoms with Gasteiger partial charge in [-0.1, -0.05) is 42.5 Å². The molecule has 2 amide bonds. The molecule has 1 aliphatic heterocycles. The van der Waals surface area contributed by atoms with E-state index < -0.39 is 6.04 Å². The van der Waals surface area contributed by atoms with Crippen molar-refractivity contribution < 1.29 is 9.59 Å². The summed E-state index contributed by atoms with van der Waals surface area (Å²) >= 11 is 0.